The van der Waals surface area contributed by atoms with Crippen molar-refractivity contribution in [3.8, 4) is 0 Å². The van der Waals surface area contributed by atoms with Crippen molar-refractivity contribution >= 4 is 5.82 Å². The van der Waals surface area contributed by atoms with Gasteiger partial charge in [-0.1, -0.05) is 6.92 Å². The average Bonchev–Trinajstić information content (AvgIpc) is 2.38. The van der Waals surface area contributed by atoms with E-state index in [9.17, 15) is 0 Å². The van der Waals surface area contributed by atoms with Crippen LogP contribution in [0.3, 0.4) is 0 Å². The van der Waals surface area contributed by atoms with E-state index < -0.39 is 0 Å². The van der Waals surface area contributed by atoms with Gasteiger partial charge in [0.05, 0.1) is 0 Å². The molecule has 0 fully saturated rings. The van der Waals surface area contributed by atoms with E-state index in [0.717, 1.165) is 24.5 Å². The van der Waals surface area contributed by atoms with Gasteiger partial charge in [-0.25, -0.2) is 9.97 Å². The first-order valence-corrected chi connectivity index (χ1v) is 5.32. The van der Waals surface area contributed by atoms with Crippen LogP contribution in [0, 0.1) is 0 Å². The Kier molecular flexibility index (Phi) is 3.43. The highest BCUT2D eigenvalue weighted by Gasteiger charge is 1.97. The van der Waals surface area contributed by atoms with Crippen molar-refractivity contribution in [2.75, 3.05) is 5.32 Å². The second-order valence-electron chi connectivity index (χ2n) is 3.46. The first-order chi connectivity index (χ1) is 7.88. The second kappa shape index (κ2) is 5.21. The molecule has 16 heavy (non-hydrogen) atoms. The molecule has 2 aromatic rings. The average molecular weight is 214 g/mol. The number of nitrogens with one attached hydrogen (secondary N) is 1. The van der Waals surface area contributed by atoms with Crippen LogP contribution in [0.15, 0.2) is 36.9 Å². The van der Waals surface area contributed by atoms with Gasteiger partial charge in [-0.15, -0.1) is 0 Å². The molecular formula is C12H14N4. The number of anilines is 1. The highest BCUT2D eigenvalue weighted by molar-refractivity contribution is 5.35. The largest absolute Gasteiger partial charge is 0.366 e. The molecule has 0 aromatic carbocycles. The quantitative estimate of drug-likeness (QED) is 0.846. The minimum Gasteiger partial charge on any atom is -0.366 e. The lowest BCUT2D eigenvalue weighted by atomic mass is 10.2. The maximum Gasteiger partial charge on any atom is 0.129 e. The molecule has 0 unspecified atom stereocenters. The summed E-state index contributed by atoms with van der Waals surface area (Å²) in [6.07, 6.45) is 6.09. The van der Waals surface area contributed by atoms with Gasteiger partial charge < -0.3 is 5.32 Å². The topological polar surface area (TPSA) is 50.7 Å². The third-order valence-electron chi connectivity index (χ3n) is 2.31. The molecule has 0 spiro atoms. The Morgan fingerprint density at radius 1 is 1.19 bits per heavy atom. The number of hydrogen-bond acceptors (Lipinski definition) is 4. The first kappa shape index (κ1) is 10.5. The van der Waals surface area contributed by atoms with Crippen LogP contribution in [0.5, 0.6) is 0 Å². The predicted octanol–water partition coefficient (Wildman–Crippen LogP) is 2.05. The highest BCUT2D eigenvalue weighted by atomic mass is 15.0. The van der Waals surface area contributed by atoms with Gasteiger partial charge in [0.2, 0.25) is 0 Å². The smallest absolute Gasteiger partial charge is 0.129 e. The molecule has 0 saturated heterocycles. The number of pyridine rings is 1. The Balaban J connectivity index is 1.99. The summed E-state index contributed by atoms with van der Waals surface area (Å²) in [5.74, 6) is 0.865. The number of hydrogen-bond donors (Lipinski definition) is 1. The van der Waals surface area contributed by atoms with Gasteiger partial charge in [-0.05, 0) is 24.1 Å². The van der Waals surface area contributed by atoms with Crippen molar-refractivity contribution < 1.29 is 0 Å². The molecule has 0 aliphatic heterocycles. The van der Waals surface area contributed by atoms with Gasteiger partial charge in [-0.2, -0.15) is 0 Å². The molecule has 1 N–H and O–H groups in total. The number of aryl methyl sites for hydroxylation is 1. The third-order valence-corrected chi connectivity index (χ3v) is 2.31. The van der Waals surface area contributed by atoms with Gasteiger partial charge >= 0.3 is 0 Å². The van der Waals surface area contributed by atoms with Gasteiger partial charge in [0.1, 0.15) is 12.1 Å². The Morgan fingerprint density at radius 2 is 2.00 bits per heavy atom. The molecule has 0 amide bonds. The van der Waals surface area contributed by atoms with E-state index in [0.29, 0.717) is 0 Å². The van der Waals surface area contributed by atoms with Crippen molar-refractivity contribution in [1.29, 1.82) is 0 Å². The van der Waals surface area contributed by atoms with Crippen LogP contribution in [0.1, 0.15) is 18.2 Å². The molecule has 2 heterocycles. The molecule has 4 heteroatoms. The molecule has 2 aromatic heterocycles. The molecule has 0 aliphatic rings. The maximum absolute atomic E-state index is 4.16. The van der Waals surface area contributed by atoms with E-state index >= 15 is 0 Å². The zero-order valence-corrected chi connectivity index (χ0v) is 9.22. The highest BCUT2D eigenvalue weighted by Crippen LogP contribution is 2.06. The molecule has 4 nitrogen and oxygen atoms in total. The minimum absolute atomic E-state index is 0.753. The zero-order valence-electron chi connectivity index (χ0n) is 9.22. The van der Waals surface area contributed by atoms with Crippen molar-refractivity contribution in [2.45, 2.75) is 19.9 Å². The Labute approximate surface area is 94.8 Å². The predicted molar refractivity (Wildman–Crippen MR) is 63.0 cm³/mol. The van der Waals surface area contributed by atoms with Crippen molar-refractivity contribution in [3.63, 3.8) is 0 Å². The Morgan fingerprint density at radius 3 is 2.75 bits per heavy atom. The van der Waals surface area contributed by atoms with Crippen molar-refractivity contribution in [1.82, 2.24) is 15.0 Å². The molecule has 82 valence electrons. The first-order valence-electron chi connectivity index (χ1n) is 5.32. The standard InChI is InChI=1S/C12H14N4/c1-2-11-7-12(16-9-15-11)14-8-10-3-5-13-6-4-10/h3-7,9H,2,8H2,1H3,(H,14,15,16). The Hall–Kier alpha value is -1.97. The molecule has 0 saturated carbocycles. The van der Waals surface area contributed by atoms with Crippen molar-refractivity contribution in [2.24, 2.45) is 0 Å². The van der Waals surface area contributed by atoms with Crippen LogP contribution in [0.4, 0.5) is 5.82 Å². The maximum atomic E-state index is 4.16. The van der Waals surface area contributed by atoms with Crippen LogP contribution in [-0.4, -0.2) is 15.0 Å². The Bertz CT molecular complexity index is 442. The van der Waals surface area contributed by atoms with E-state index in [2.05, 4.69) is 27.2 Å². The van der Waals surface area contributed by atoms with E-state index in [4.69, 9.17) is 0 Å². The van der Waals surface area contributed by atoms with Crippen LogP contribution in [-0.2, 0) is 13.0 Å². The fourth-order valence-corrected chi connectivity index (χ4v) is 1.38. The van der Waals surface area contributed by atoms with E-state index in [-0.39, 0.29) is 0 Å². The molecule has 0 bridgehead atoms. The summed E-state index contributed by atoms with van der Waals surface area (Å²) in [5.41, 5.74) is 2.24. The van der Waals surface area contributed by atoms with Gasteiger partial charge in [0, 0.05) is 30.7 Å². The molecular weight excluding hydrogens is 200 g/mol. The summed E-state index contributed by atoms with van der Waals surface area (Å²) in [6, 6.07) is 5.94. The number of rotatable bonds is 4. The van der Waals surface area contributed by atoms with Crippen LogP contribution in [0.25, 0.3) is 0 Å². The minimum atomic E-state index is 0.753. The summed E-state index contributed by atoms with van der Waals surface area (Å²) in [6.45, 7) is 2.83. The van der Waals surface area contributed by atoms with Crippen LogP contribution >= 0.6 is 0 Å². The van der Waals surface area contributed by atoms with Crippen LogP contribution in [0.2, 0.25) is 0 Å². The summed E-state index contributed by atoms with van der Waals surface area (Å²) in [5, 5.41) is 3.26. The fourth-order valence-electron chi connectivity index (χ4n) is 1.38. The lowest BCUT2D eigenvalue weighted by Gasteiger charge is -2.05. The van der Waals surface area contributed by atoms with Crippen molar-refractivity contribution in [3.05, 3.63) is 48.2 Å². The van der Waals surface area contributed by atoms with Gasteiger partial charge in [-0.3, -0.25) is 4.98 Å². The van der Waals surface area contributed by atoms with E-state index in [1.54, 1.807) is 18.7 Å². The lowest BCUT2D eigenvalue weighted by Crippen LogP contribution is -2.02. The van der Waals surface area contributed by atoms with Gasteiger partial charge in [0.15, 0.2) is 0 Å². The molecule has 0 radical (unpaired) electrons. The summed E-state index contributed by atoms with van der Waals surface area (Å²) >= 11 is 0. The van der Waals surface area contributed by atoms with E-state index in [1.165, 1.54) is 5.56 Å². The summed E-state index contributed by atoms with van der Waals surface area (Å²) in [7, 11) is 0. The van der Waals surface area contributed by atoms with E-state index in [1.807, 2.05) is 18.2 Å². The van der Waals surface area contributed by atoms with Gasteiger partial charge in [0.25, 0.3) is 0 Å². The SMILES string of the molecule is CCc1cc(NCc2ccncc2)ncn1. The molecule has 0 atom stereocenters. The second-order valence-corrected chi connectivity index (χ2v) is 3.46. The summed E-state index contributed by atoms with van der Waals surface area (Å²) < 4.78 is 0. The zero-order chi connectivity index (χ0) is 11.2. The monoisotopic (exact) mass is 214 g/mol. The fraction of sp³-hybridized carbons (Fsp3) is 0.250. The molecule has 2 rings (SSSR count). The normalized spacial score (nSPS) is 10.1. The number of aromatic nitrogens is 3. The van der Waals surface area contributed by atoms with Crippen LogP contribution < -0.4 is 5.32 Å². The number of nitrogens with zero attached hydrogens (tertiary/aromatic N) is 3. The lowest BCUT2D eigenvalue weighted by molar-refractivity contribution is 0.986. The molecule has 0 aliphatic carbocycles. The summed E-state index contributed by atoms with van der Waals surface area (Å²) in [4.78, 5) is 12.3. The third kappa shape index (κ3) is 2.76.